The second kappa shape index (κ2) is 22.7. The number of anilines is 6. The highest BCUT2D eigenvalue weighted by molar-refractivity contribution is 6.37. The van der Waals surface area contributed by atoms with E-state index in [1.54, 1.807) is 0 Å². The summed E-state index contributed by atoms with van der Waals surface area (Å²) in [6.45, 7) is 8.88. The predicted octanol–water partition coefficient (Wildman–Crippen LogP) is 26.3. The van der Waals surface area contributed by atoms with E-state index in [1.807, 2.05) is 0 Å². The third-order valence-corrected chi connectivity index (χ3v) is 19.5. The van der Waals surface area contributed by atoms with Gasteiger partial charge in [-0.25, -0.2) is 0 Å². The van der Waals surface area contributed by atoms with Gasteiger partial charge in [0.05, 0.1) is 0 Å². The average Bonchev–Trinajstić information content (AvgIpc) is 0.708. The Morgan fingerprint density at radius 2 is 0.570 bits per heavy atom. The molecule has 17 aromatic carbocycles. The van der Waals surface area contributed by atoms with Crippen molar-refractivity contribution in [1.29, 1.82) is 0 Å². The van der Waals surface area contributed by atoms with Crippen LogP contribution >= 0.6 is 0 Å². The van der Waals surface area contributed by atoms with E-state index < -0.39 is 0 Å². The fourth-order valence-electron chi connectivity index (χ4n) is 14.8. The maximum Gasteiger partial charge on any atom is 0.0490 e. The number of rotatable bonds is 11. The molecule has 2 heteroatoms. The third kappa shape index (κ3) is 9.82. The lowest BCUT2D eigenvalue weighted by atomic mass is 9.81. The zero-order chi connectivity index (χ0) is 62.3. The molecule has 0 aromatic heterocycles. The molecule has 0 amide bonds. The summed E-state index contributed by atoms with van der Waals surface area (Å²) in [4.78, 5) is 4.77. The van der Waals surface area contributed by atoms with Crippen molar-refractivity contribution in [2.45, 2.75) is 33.6 Å². The minimum atomic E-state index is 0.459. The molecule has 0 bridgehead atoms. The smallest absolute Gasteiger partial charge is 0.0490 e. The zero-order valence-electron chi connectivity index (χ0n) is 52.6. The van der Waals surface area contributed by atoms with Crippen molar-refractivity contribution in [3.63, 3.8) is 0 Å². The van der Waals surface area contributed by atoms with Gasteiger partial charge >= 0.3 is 0 Å². The van der Waals surface area contributed by atoms with Crippen LogP contribution in [0, 0.1) is 13.8 Å². The molecule has 0 radical (unpaired) electrons. The fraction of sp³-hybridized carbons (Fsp3) is 0.0549. The predicted molar refractivity (Wildman–Crippen MR) is 401 cm³/mol. The molecule has 0 aliphatic carbocycles. The Bertz CT molecular complexity index is 5800. The molecule has 0 N–H and O–H groups in total. The lowest BCUT2D eigenvalue weighted by Gasteiger charge is -2.28. The van der Waals surface area contributed by atoms with Gasteiger partial charge < -0.3 is 9.80 Å². The highest BCUT2D eigenvalue weighted by Crippen LogP contribution is 2.51. The minimum Gasteiger partial charge on any atom is -0.310 e. The van der Waals surface area contributed by atoms with Crippen molar-refractivity contribution in [2.24, 2.45) is 0 Å². The van der Waals surface area contributed by atoms with Crippen LogP contribution in [0.1, 0.15) is 36.5 Å². The summed E-state index contributed by atoms with van der Waals surface area (Å²) in [5.41, 5.74) is 20.3. The first-order valence-corrected chi connectivity index (χ1v) is 32.6. The molecule has 0 fully saturated rings. The second-order valence-electron chi connectivity index (χ2n) is 25.6. The summed E-state index contributed by atoms with van der Waals surface area (Å²) in [6, 6.07) is 120. The van der Waals surface area contributed by atoms with Crippen LogP contribution < -0.4 is 9.80 Å². The van der Waals surface area contributed by atoms with Gasteiger partial charge in [-0.15, -0.1) is 0 Å². The van der Waals surface area contributed by atoms with E-state index in [4.69, 9.17) is 0 Å². The number of aryl methyl sites for hydroxylation is 2. The quantitative estimate of drug-likeness (QED) is 0.0941. The van der Waals surface area contributed by atoms with E-state index >= 15 is 0 Å². The molecule has 0 unspecified atom stereocenters. The van der Waals surface area contributed by atoms with Gasteiger partial charge in [0.15, 0.2) is 0 Å². The van der Waals surface area contributed by atoms with Crippen LogP contribution in [0.4, 0.5) is 34.1 Å². The molecule has 93 heavy (non-hydrogen) atoms. The number of benzene rings is 17. The van der Waals surface area contributed by atoms with Crippen LogP contribution in [0.15, 0.2) is 322 Å². The van der Waals surface area contributed by atoms with Gasteiger partial charge in [0.25, 0.3) is 0 Å². The topological polar surface area (TPSA) is 6.48 Å². The minimum absolute atomic E-state index is 0.459. The second-order valence-corrected chi connectivity index (χ2v) is 25.6. The number of fused-ring (bicyclic) bond motifs is 11. The molecule has 440 valence electrons. The van der Waals surface area contributed by atoms with E-state index in [0.717, 1.165) is 28.4 Å². The molecule has 0 spiro atoms. The van der Waals surface area contributed by atoms with E-state index in [2.05, 4.69) is 359 Å². The Morgan fingerprint density at radius 1 is 0.237 bits per heavy atom. The first-order chi connectivity index (χ1) is 45.7. The largest absolute Gasteiger partial charge is 0.310 e. The van der Waals surface area contributed by atoms with Crippen molar-refractivity contribution < 1.29 is 0 Å². The van der Waals surface area contributed by atoms with Gasteiger partial charge in [-0.1, -0.05) is 250 Å². The highest BCUT2D eigenvalue weighted by Gasteiger charge is 2.24. The monoisotopic (exact) mass is 1190 g/mol. The van der Waals surface area contributed by atoms with Crippen LogP contribution in [0.3, 0.4) is 0 Å². The van der Waals surface area contributed by atoms with Gasteiger partial charge in [0, 0.05) is 34.1 Å². The van der Waals surface area contributed by atoms with Crippen molar-refractivity contribution in [1.82, 2.24) is 0 Å². The van der Waals surface area contributed by atoms with E-state index in [-0.39, 0.29) is 0 Å². The Kier molecular flexibility index (Phi) is 13.6. The van der Waals surface area contributed by atoms with Gasteiger partial charge in [0.1, 0.15) is 0 Å². The Hall–Kier alpha value is -11.6. The van der Waals surface area contributed by atoms with Crippen LogP contribution in [0.5, 0.6) is 0 Å². The molecule has 0 saturated carbocycles. The Balaban J connectivity index is 0.741. The summed E-state index contributed by atoms with van der Waals surface area (Å²) in [6.07, 6.45) is 0. The van der Waals surface area contributed by atoms with Crippen LogP contribution in [-0.4, -0.2) is 0 Å². The summed E-state index contributed by atoms with van der Waals surface area (Å²) in [7, 11) is 0. The summed E-state index contributed by atoms with van der Waals surface area (Å²) in [5.74, 6) is 0.459. The van der Waals surface area contributed by atoms with E-state index in [9.17, 15) is 0 Å². The maximum atomic E-state index is 2.42. The molecule has 0 aliphatic heterocycles. The summed E-state index contributed by atoms with van der Waals surface area (Å²) in [5, 5.41) is 19.8. The maximum absolute atomic E-state index is 2.42. The molecule has 0 heterocycles. The normalized spacial score (nSPS) is 11.8. The van der Waals surface area contributed by atoms with Crippen LogP contribution in [0.2, 0.25) is 0 Å². The van der Waals surface area contributed by atoms with E-state index in [0.29, 0.717) is 5.92 Å². The first-order valence-electron chi connectivity index (χ1n) is 32.6. The highest BCUT2D eigenvalue weighted by atomic mass is 15.1. The van der Waals surface area contributed by atoms with Gasteiger partial charge in [-0.3, -0.25) is 0 Å². The zero-order valence-corrected chi connectivity index (χ0v) is 52.6. The molecular weight excluding hydrogens is 1120 g/mol. The van der Waals surface area contributed by atoms with Gasteiger partial charge in [-0.2, -0.15) is 0 Å². The average molecular weight is 1190 g/mol. The SMILES string of the molecule is Cc1ccc(N(c2ccc(-c3ccc4cc(-c5c6ccccc6c(-c6ccc7cc(-c8ccc(N(c9ccc(C(C)C)cc9)c9ccc%10ccccc%10c9)cc8)ccc7c6)c6c7ccccc7c7ccccc7c56)ccc4c3)cc2)c2ccc3ccccc3c2)c(C)c1. The number of nitrogens with zero attached hydrogens (tertiary/aromatic N) is 2. The standard InChI is InChI=1S/C91H66N2/c1-58(2)61-34-42-76(43-35-61)92(79-48-40-62-15-5-7-17-66(62)56-79)77-44-36-64(37-45-77)68-26-28-72-54-74(32-30-70(72)52-68)88-85-23-13-14-24-86(85)89(91-84-22-12-10-20-82(84)81-19-9-11-21-83(81)90(88)91)75-33-31-71-53-69(27-29-73(71)55-75)65-38-46-78(47-39-65)93(87-50-25-59(3)51-60(87)4)80-49-41-63-16-6-8-18-67(63)57-80/h5-58H,1-4H3. The van der Waals surface area contributed by atoms with Gasteiger partial charge in [0.2, 0.25) is 0 Å². The summed E-state index contributed by atoms with van der Waals surface area (Å²) >= 11 is 0. The third-order valence-electron chi connectivity index (χ3n) is 19.5. The van der Waals surface area contributed by atoms with Crippen LogP contribution in [0.25, 0.3) is 131 Å². The van der Waals surface area contributed by atoms with Crippen LogP contribution in [-0.2, 0) is 0 Å². The lowest BCUT2D eigenvalue weighted by molar-refractivity contribution is 0.866. The summed E-state index contributed by atoms with van der Waals surface area (Å²) < 4.78 is 0. The first kappa shape index (κ1) is 55.5. The molecule has 17 rings (SSSR count). The number of hydrogen-bond acceptors (Lipinski definition) is 2. The van der Waals surface area contributed by atoms with Crippen molar-refractivity contribution >= 4 is 120 Å². The Labute approximate surface area is 543 Å². The molecule has 0 saturated heterocycles. The lowest BCUT2D eigenvalue weighted by Crippen LogP contribution is -2.11. The molecule has 17 aromatic rings. The van der Waals surface area contributed by atoms with Gasteiger partial charge in [-0.05, 0) is 253 Å². The Morgan fingerprint density at radius 3 is 1.02 bits per heavy atom. The molecular formula is C91H66N2. The molecule has 2 nitrogen and oxygen atoms in total. The number of hydrogen-bond donors (Lipinski definition) is 0. The van der Waals surface area contributed by atoms with Crippen molar-refractivity contribution in [3.05, 3.63) is 338 Å². The van der Waals surface area contributed by atoms with E-state index in [1.165, 1.54) is 153 Å². The van der Waals surface area contributed by atoms with Crippen molar-refractivity contribution in [3.8, 4) is 44.5 Å². The molecule has 0 aliphatic rings. The van der Waals surface area contributed by atoms with Crippen molar-refractivity contribution in [2.75, 3.05) is 9.80 Å². The molecule has 0 atom stereocenters. The fourth-order valence-corrected chi connectivity index (χ4v) is 14.8.